The van der Waals surface area contributed by atoms with Crippen molar-refractivity contribution in [2.75, 3.05) is 0 Å². The van der Waals surface area contributed by atoms with E-state index in [0.717, 1.165) is 0 Å². The van der Waals surface area contributed by atoms with Gasteiger partial charge in [0, 0.05) is 42.9 Å². The number of hydrogen-bond donors (Lipinski definition) is 1. The van der Waals surface area contributed by atoms with Crippen molar-refractivity contribution in [1.82, 2.24) is 0 Å². The molecule has 0 aromatic heterocycles. The molecule has 0 bridgehead atoms. The molecule has 0 amide bonds. The quantitative estimate of drug-likeness (QED) is 0.179. The molecule has 2 saturated carbocycles. The first-order chi connectivity index (χ1) is 20.1. The Labute approximate surface area is 257 Å². The van der Waals surface area contributed by atoms with Crippen LogP contribution in [0, 0.1) is 34.5 Å². The van der Waals surface area contributed by atoms with E-state index >= 15 is 0 Å². The van der Waals surface area contributed by atoms with Gasteiger partial charge < -0.3 is 24.1 Å². The molecule has 43 heavy (non-hydrogen) atoms. The predicted octanol–water partition coefficient (Wildman–Crippen LogP) is 5.70. The molecule has 3 rings (SSSR count). The molecule has 10 atom stereocenters. The Bertz CT molecular complexity index is 1070. The number of fused-ring (bicyclic) bond motifs is 3. The number of ether oxygens (including phenoxy) is 4. The summed E-state index contributed by atoms with van der Waals surface area (Å²) in [5.74, 6) is -1.96. The highest BCUT2D eigenvalue weighted by Crippen LogP contribution is 2.67. The largest absolute Gasteiger partial charge is 0.462 e. The van der Waals surface area contributed by atoms with E-state index in [1.165, 1.54) is 6.92 Å². The monoisotopic (exact) mass is 606 g/mol. The van der Waals surface area contributed by atoms with Crippen LogP contribution in [0.3, 0.4) is 0 Å². The summed E-state index contributed by atoms with van der Waals surface area (Å²) in [5.41, 5.74) is -0.790. The second-order valence-corrected chi connectivity index (χ2v) is 13.9. The third kappa shape index (κ3) is 7.12. The van der Waals surface area contributed by atoms with Crippen LogP contribution in [0.2, 0.25) is 0 Å². The van der Waals surface area contributed by atoms with Crippen LogP contribution in [-0.4, -0.2) is 59.5 Å². The number of aliphatic hydroxyl groups is 1. The number of aliphatic hydroxyl groups excluding tert-OH is 1. The van der Waals surface area contributed by atoms with E-state index in [9.17, 15) is 24.3 Å². The Hall–Kier alpha value is -2.42. The van der Waals surface area contributed by atoms with Crippen molar-refractivity contribution in [3.63, 3.8) is 0 Å². The predicted molar refractivity (Wildman–Crippen MR) is 160 cm³/mol. The number of rotatable bonds is 11. The molecule has 0 saturated heterocycles. The Morgan fingerprint density at radius 1 is 0.860 bits per heavy atom. The summed E-state index contributed by atoms with van der Waals surface area (Å²) >= 11 is 0. The average molecular weight is 607 g/mol. The molecule has 9 heteroatoms. The van der Waals surface area contributed by atoms with Crippen LogP contribution >= 0.6 is 0 Å². The van der Waals surface area contributed by atoms with Crippen LogP contribution in [0.1, 0.15) is 114 Å². The van der Waals surface area contributed by atoms with Gasteiger partial charge in [-0.25, -0.2) is 0 Å². The zero-order valence-corrected chi connectivity index (χ0v) is 27.6. The Balaban J connectivity index is 2.26. The molecule has 0 spiro atoms. The molecule has 244 valence electrons. The fraction of sp³-hybridized carbons (Fsp3) is 0.824. The number of hydrogen-bond acceptors (Lipinski definition) is 9. The zero-order chi connectivity index (χ0) is 32.3. The van der Waals surface area contributed by atoms with E-state index in [4.69, 9.17) is 18.9 Å². The highest BCUT2D eigenvalue weighted by molar-refractivity contribution is 5.71. The molecule has 0 aromatic carbocycles. The minimum atomic E-state index is -1.33. The van der Waals surface area contributed by atoms with Gasteiger partial charge in [-0.2, -0.15) is 0 Å². The minimum Gasteiger partial charge on any atom is -0.462 e. The van der Waals surface area contributed by atoms with E-state index in [1.54, 1.807) is 0 Å². The third-order valence-corrected chi connectivity index (χ3v) is 10.2. The Kier molecular flexibility index (Phi) is 11.5. The van der Waals surface area contributed by atoms with E-state index in [-0.39, 0.29) is 48.5 Å². The second-order valence-electron chi connectivity index (χ2n) is 13.9. The van der Waals surface area contributed by atoms with Gasteiger partial charge >= 0.3 is 23.9 Å². The number of esters is 4. The topological polar surface area (TPSA) is 125 Å². The van der Waals surface area contributed by atoms with Gasteiger partial charge in [0.25, 0.3) is 0 Å². The van der Waals surface area contributed by atoms with Gasteiger partial charge in [0.2, 0.25) is 0 Å². The lowest BCUT2D eigenvalue weighted by atomic mass is 9.49. The SMILES string of the molecule is CCCC(=O)O[C@H]1C[C@]2(C)[C@H]([C@H]1C(C)C)[C@H]1C=C(C)[C@H](OC(C)=O)[C@H](O)[C@@H](OC(=O)CCC)[C@]1(C)C[C@@H]2OC(=O)CCC. The molecule has 0 aromatic rings. The van der Waals surface area contributed by atoms with Gasteiger partial charge in [-0.1, -0.05) is 54.5 Å². The molecule has 0 unspecified atom stereocenters. The van der Waals surface area contributed by atoms with Crippen LogP contribution < -0.4 is 0 Å². The summed E-state index contributed by atoms with van der Waals surface area (Å²) in [6, 6.07) is 0. The zero-order valence-electron chi connectivity index (χ0n) is 27.6. The average Bonchev–Trinajstić information content (AvgIpc) is 3.17. The normalized spacial score (nSPS) is 37.0. The standard InChI is InChI=1S/C34H54O9/c1-10-13-25(36)41-23-17-34(9)24(42-26(37)14-11-2)18-33(8)22(29(34)28(23)19(4)5)16-20(6)31(40-21(7)35)30(39)32(33)43-27(38)15-12-3/h16,19,22-24,28-32,39H,10-15,17-18H2,1-9H3/t22-,23+,24+,28+,29+,30+,31+,32-,33-,34+/m1/s1. The number of allylic oxidation sites excluding steroid dienone is 1. The molecular formula is C34H54O9. The van der Waals surface area contributed by atoms with Gasteiger partial charge in [-0.15, -0.1) is 0 Å². The lowest BCUT2D eigenvalue weighted by Gasteiger charge is -2.57. The molecule has 0 heterocycles. The summed E-state index contributed by atoms with van der Waals surface area (Å²) < 4.78 is 24.2. The molecule has 9 nitrogen and oxygen atoms in total. The first kappa shape index (κ1) is 35.1. The van der Waals surface area contributed by atoms with E-state index < -0.39 is 53.3 Å². The minimum absolute atomic E-state index is 0.0960. The summed E-state index contributed by atoms with van der Waals surface area (Å²) in [5, 5.41) is 11.8. The maximum atomic E-state index is 13.1. The van der Waals surface area contributed by atoms with Crippen LogP contribution in [0.15, 0.2) is 11.6 Å². The number of carbonyl (C=O) groups excluding carboxylic acids is 4. The van der Waals surface area contributed by atoms with Crippen molar-refractivity contribution in [3.05, 3.63) is 11.6 Å². The fourth-order valence-corrected chi connectivity index (χ4v) is 8.29. The lowest BCUT2D eigenvalue weighted by molar-refractivity contribution is -0.212. The van der Waals surface area contributed by atoms with Gasteiger partial charge in [0.1, 0.15) is 24.4 Å². The summed E-state index contributed by atoms with van der Waals surface area (Å²) in [6.07, 6.45) is 1.22. The Morgan fingerprint density at radius 2 is 1.40 bits per heavy atom. The van der Waals surface area contributed by atoms with Gasteiger partial charge in [-0.3, -0.25) is 19.2 Å². The lowest BCUT2D eigenvalue weighted by Crippen LogP contribution is -2.61. The van der Waals surface area contributed by atoms with E-state index in [0.29, 0.717) is 44.1 Å². The molecule has 1 N–H and O–H groups in total. The van der Waals surface area contributed by atoms with Crippen molar-refractivity contribution in [2.45, 2.75) is 144 Å². The Morgan fingerprint density at radius 3 is 1.91 bits per heavy atom. The van der Waals surface area contributed by atoms with E-state index in [1.807, 2.05) is 34.6 Å². The van der Waals surface area contributed by atoms with Gasteiger partial charge in [-0.05, 0) is 62.4 Å². The second kappa shape index (κ2) is 14.1. The van der Waals surface area contributed by atoms with Crippen molar-refractivity contribution in [1.29, 1.82) is 0 Å². The molecule has 3 aliphatic carbocycles. The van der Waals surface area contributed by atoms with Gasteiger partial charge in [0.05, 0.1) is 0 Å². The fourth-order valence-electron chi connectivity index (χ4n) is 8.29. The molecule has 0 radical (unpaired) electrons. The van der Waals surface area contributed by atoms with Crippen LogP contribution in [-0.2, 0) is 38.1 Å². The number of carbonyl (C=O) groups is 4. The van der Waals surface area contributed by atoms with Crippen LogP contribution in [0.4, 0.5) is 0 Å². The molecule has 2 fully saturated rings. The summed E-state index contributed by atoms with van der Waals surface area (Å²) in [4.78, 5) is 51.1. The summed E-state index contributed by atoms with van der Waals surface area (Å²) in [7, 11) is 0. The van der Waals surface area contributed by atoms with Crippen molar-refractivity contribution in [3.8, 4) is 0 Å². The van der Waals surface area contributed by atoms with Crippen molar-refractivity contribution in [2.24, 2.45) is 34.5 Å². The molecular weight excluding hydrogens is 552 g/mol. The van der Waals surface area contributed by atoms with Gasteiger partial charge in [0.15, 0.2) is 6.10 Å². The maximum Gasteiger partial charge on any atom is 0.306 e. The first-order valence-corrected chi connectivity index (χ1v) is 16.3. The maximum absolute atomic E-state index is 13.1. The smallest absolute Gasteiger partial charge is 0.306 e. The molecule has 3 aliphatic rings. The first-order valence-electron chi connectivity index (χ1n) is 16.3. The van der Waals surface area contributed by atoms with Crippen LogP contribution in [0.25, 0.3) is 0 Å². The summed E-state index contributed by atoms with van der Waals surface area (Å²) in [6.45, 7) is 17.2. The highest BCUT2D eigenvalue weighted by atomic mass is 16.6. The van der Waals surface area contributed by atoms with E-state index in [2.05, 4.69) is 26.8 Å². The van der Waals surface area contributed by atoms with Crippen molar-refractivity contribution >= 4 is 23.9 Å². The highest BCUT2D eigenvalue weighted by Gasteiger charge is 2.69. The van der Waals surface area contributed by atoms with Crippen LogP contribution in [0.5, 0.6) is 0 Å². The van der Waals surface area contributed by atoms with Crippen molar-refractivity contribution < 1.29 is 43.2 Å². The molecule has 0 aliphatic heterocycles. The third-order valence-electron chi connectivity index (χ3n) is 10.2.